The van der Waals surface area contributed by atoms with E-state index >= 15 is 0 Å². The summed E-state index contributed by atoms with van der Waals surface area (Å²) in [4.78, 5) is 13.4. The fraction of sp³-hybridized carbons (Fsp3) is 0.292. The fourth-order valence-corrected chi connectivity index (χ4v) is 5.39. The quantitative estimate of drug-likeness (QED) is 0.458. The highest BCUT2D eigenvalue weighted by molar-refractivity contribution is 7.13. The molecule has 4 aromatic rings. The van der Waals surface area contributed by atoms with Crippen LogP contribution < -0.4 is 5.73 Å². The van der Waals surface area contributed by atoms with E-state index in [2.05, 4.69) is 40.3 Å². The molecule has 3 nitrogen and oxygen atoms in total. The van der Waals surface area contributed by atoms with Crippen LogP contribution in [-0.2, 0) is 6.54 Å². The van der Waals surface area contributed by atoms with Gasteiger partial charge in [-0.3, -0.25) is 4.79 Å². The second-order valence-corrected chi connectivity index (χ2v) is 8.75. The van der Waals surface area contributed by atoms with E-state index in [0.29, 0.717) is 11.5 Å². The number of thiophene rings is 1. The molecule has 0 spiro atoms. The Morgan fingerprint density at radius 3 is 2.75 bits per heavy atom. The van der Waals surface area contributed by atoms with Gasteiger partial charge in [0.15, 0.2) is 0 Å². The predicted octanol–water partition coefficient (Wildman–Crippen LogP) is 6.00. The number of nitrogens with two attached hydrogens (primary N) is 1. The van der Waals surface area contributed by atoms with E-state index in [0.717, 1.165) is 28.4 Å². The molecule has 1 fully saturated rings. The van der Waals surface area contributed by atoms with Crippen molar-refractivity contribution in [2.24, 2.45) is 11.7 Å². The van der Waals surface area contributed by atoms with Crippen LogP contribution in [-0.4, -0.2) is 10.5 Å². The average Bonchev–Trinajstić information content (AvgIpc) is 3.36. The highest BCUT2D eigenvalue weighted by Gasteiger charge is 2.20. The van der Waals surface area contributed by atoms with Crippen molar-refractivity contribution in [3.05, 3.63) is 59.5 Å². The van der Waals surface area contributed by atoms with Gasteiger partial charge in [0, 0.05) is 33.3 Å². The lowest BCUT2D eigenvalue weighted by atomic mass is 9.89. The van der Waals surface area contributed by atoms with Gasteiger partial charge in [-0.15, -0.1) is 11.3 Å². The first kappa shape index (κ1) is 17.5. The van der Waals surface area contributed by atoms with Crippen LogP contribution in [0.5, 0.6) is 0 Å². The zero-order valence-corrected chi connectivity index (χ0v) is 16.6. The molecule has 1 amide bonds. The zero-order valence-electron chi connectivity index (χ0n) is 15.8. The lowest BCUT2D eigenvalue weighted by molar-refractivity contribution is 0.100. The third-order valence-corrected chi connectivity index (χ3v) is 6.95. The van der Waals surface area contributed by atoms with Gasteiger partial charge in [0.05, 0.1) is 5.52 Å². The minimum absolute atomic E-state index is 0.377. The molecule has 0 aliphatic heterocycles. The second-order valence-electron chi connectivity index (χ2n) is 7.80. The molecule has 1 aliphatic rings. The highest BCUT2D eigenvalue weighted by atomic mass is 32.1. The van der Waals surface area contributed by atoms with Crippen molar-refractivity contribution >= 4 is 39.0 Å². The maximum atomic E-state index is 12.1. The van der Waals surface area contributed by atoms with Gasteiger partial charge in [0.25, 0.3) is 0 Å². The number of carbonyl (C=O) groups is 1. The Hall–Kier alpha value is -2.59. The Kier molecular flexibility index (Phi) is 4.44. The van der Waals surface area contributed by atoms with Crippen molar-refractivity contribution in [2.45, 2.75) is 38.6 Å². The molecule has 1 radical (unpaired) electrons. The summed E-state index contributed by atoms with van der Waals surface area (Å²) in [6.07, 6.45) is 6.56. The summed E-state index contributed by atoms with van der Waals surface area (Å²) in [5.41, 5.74) is 9.72. The van der Waals surface area contributed by atoms with Crippen LogP contribution >= 0.6 is 11.3 Å². The van der Waals surface area contributed by atoms with Gasteiger partial charge in [-0.05, 0) is 66.1 Å². The van der Waals surface area contributed by atoms with Crippen LogP contribution in [0, 0.1) is 12.0 Å². The zero-order chi connectivity index (χ0) is 19.1. The topological polar surface area (TPSA) is 48.0 Å². The number of carbonyl (C=O) groups excluding carboxylic acids is 1. The maximum absolute atomic E-state index is 12.1. The van der Waals surface area contributed by atoms with E-state index in [-0.39, 0.29) is 5.91 Å². The van der Waals surface area contributed by atoms with Gasteiger partial charge in [-0.25, -0.2) is 0 Å². The van der Waals surface area contributed by atoms with E-state index in [1.54, 1.807) is 11.3 Å². The van der Waals surface area contributed by atoms with Crippen LogP contribution in [0.25, 0.3) is 32.2 Å². The molecule has 0 saturated heterocycles. The number of aromatic nitrogens is 1. The number of fused-ring (bicyclic) bond motifs is 3. The van der Waals surface area contributed by atoms with Crippen molar-refractivity contribution in [3.8, 4) is 10.4 Å². The average molecular weight is 388 g/mol. The fourth-order valence-electron chi connectivity index (χ4n) is 4.67. The lowest BCUT2D eigenvalue weighted by Crippen LogP contribution is -2.14. The number of hydrogen-bond acceptors (Lipinski definition) is 2. The third-order valence-electron chi connectivity index (χ3n) is 6.03. The van der Waals surface area contributed by atoms with Crippen molar-refractivity contribution in [2.75, 3.05) is 0 Å². The predicted molar refractivity (Wildman–Crippen MR) is 117 cm³/mol. The Bertz CT molecular complexity index is 1150. The molecule has 1 saturated carbocycles. The van der Waals surface area contributed by atoms with Crippen molar-refractivity contribution in [1.82, 2.24) is 4.57 Å². The number of amides is 1. The monoisotopic (exact) mass is 387 g/mol. The van der Waals surface area contributed by atoms with Crippen molar-refractivity contribution in [3.63, 3.8) is 0 Å². The highest BCUT2D eigenvalue weighted by Crippen LogP contribution is 2.37. The largest absolute Gasteiger partial charge is 0.366 e. The number of primary amides is 1. The summed E-state index contributed by atoms with van der Waals surface area (Å²) < 4.78 is 2.40. The summed E-state index contributed by atoms with van der Waals surface area (Å²) in [5.74, 6) is 0.313. The van der Waals surface area contributed by atoms with E-state index in [1.807, 2.05) is 18.2 Å². The first-order chi connectivity index (χ1) is 13.7. The standard InChI is InChI=1S/C24H23N2OS/c25-24(27)19-8-4-9-20-23(19)18-12-11-17(22-10-5-13-28-22)14-21(18)26(20)15-16-6-2-1-3-7-16/h4-5,8-11,13-14,16H,1-3,6-7,15H2,(H2,25,27). The van der Waals surface area contributed by atoms with Crippen LogP contribution in [0.1, 0.15) is 42.5 Å². The van der Waals surface area contributed by atoms with Gasteiger partial charge in [-0.1, -0.05) is 31.4 Å². The molecular formula is C24H23N2OS. The molecule has 4 heteroatoms. The summed E-state index contributed by atoms with van der Waals surface area (Å²) >= 11 is 1.74. The first-order valence-corrected chi connectivity index (χ1v) is 10.9. The molecule has 2 aromatic heterocycles. The Morgan fingerprint density at radius 1 is 1.14 bits per heavy atom. The minimum atomic E-state index is -0.377. The Balaban J connectivity index is 1.76. The molecule has 0 unspecified atom stereocenters. The third kappa shape index (κ3) is 2.92. The normalized spacial score (nSPS) is 15.4. The van der Waals surface area contributed by atoms with Gasteiger partial charge in [0.2, 0.25) is 5.91 Å². The Labute approximate surface area is 168 Å². The van der Waals surface area contributed by atoms with E-state index in [4.69, 9.17) is 5.73 Å². The summed E-state index contributed by atoms with van der Waals surface area (Å²) in [5, 5.41) is 4.04. The molecule has 0 bridgehead atoms. The van der Waals surface area contributed by atoms with Gasteiger partial charge in [0.1, 0.15) is 0 Å². The Morgan fingerprint density at radius 2 is 2.00 bits per heavy atom. The summed E-state index contributed by atoms with van der Waals surface area (Å²) in [7, 11) is 0. The van der Waals surface area contributed by atoms with Crippen molar-refractivity contribution in [1.29, 1.82) is 0 Å². The summed E-state index contributed by atoms with van der Waals surface area (Å²) in [6, 6.07) is 17.9. The molecule has 28 heavy (non-hydrogen) atoms. The lowest BCUT2D eigenvalue weighted by Gasteiger charge is -2.23. The number of nitrogens with zero attached hydrogens (tertiary/aromatic N) is 1. The van der Waals surface area contributed by atoms with E-state index in [9.17, 15) is 4.79 Å². The molecule has 2 N–H and O–H groups in total. The van der Waals surface area contributed by atoms with Crippen LogP contribution in [0.2, 0.25) is 0 Å². The van der Waals surface area contributed by atoms with Gasteiger partial charge < -0.3 is 10.3 Å². The second kappa shape index (κ2) is 7.10. The molecule has 5 rings (SSSR count). The number of hydrogen-bond donors (Lipinski definition) is 1. The molecule has 141 valence electrons. The molecule has 2 heterocycles. The van der Waals surface area contributed by atoms with Crippen molar-refractivity contribution < 1.29 is 4.79 Å². The molecule has 1 aliphatic carbocycles. The summed E-state index contributed by atoms with van der Waals surface area (Å²) in [6.45, 7) is 0.990. The van der Waals surface area contributed by atoms with Crippen LogP contribution in [0.15, 0.2) is 47.8 Å². The minimum Gasteiger partial charge on any atom is -0.366 e. The van der Waals surface area contributed by atoms with Crippen LogP contribution in [0.4, 0.5) is 0 Å². The number of rotatable bonds is 4. The van der Waals surface area contributed by atoms with E-state index < -0.39 is 0 Å². The molecule has 2 aromatic carbocycles. The van der Waals surface area contributed by atoms with Crippen LogP contribution in [0.3, 0.4) is 0 Å². The molecule has 0 atom stereocenters. The SMILES string of the molecule is NC(=O)c1cccc2c1c1[c]cc(-c3cccs3)cc1n2CC1CCCCC1. The molecular weight excluding hydrogens is 364 g/mol. The van der Waals surface area contributed by atoms with Gasteiger partial charge >= 0.3 is 0 Å². The van der Waals surface area contributed by atoms with Gasteiger partial charge in [-0.2, -0.15) is 0 Å². The first-order valence-electron chi connectivity index (χ1n) is 10.0. The maximum Gasteiger partial charge on any atom is 0.249 e. The number of benzene rings is 2. The van der Waals surface area contributed by atoms with E-state index in [1.165, 1.54) is 42.5 Å². The smallest absolute Gasteiger partial charge is 0.249 e.